The van der Waals surface area contributed by atoms with Crippen LogP contribution in [-0.4, -0.2) is 63.7 Å². The van der Waals surface area contributed by atoms with Crippen molar-refractivity contribution < 1.29 is 13.9 Å². The number of hydrogen-bond acceptors (Lipinski definition) is 7. The Morgan fingerprint density at radius 3 is 2.87 bits per heavy atom. The molecule has 164 valence electrons. The van der Waals surface area contributed by atoms with Gasteiger partial charge in [-0.25, -0.2) is 0 Å². The highest BCUT2D eigenvalue weighted by atomic mass is 32.2. The molecule has 1 aliphatic heterocycles. The summed E-state index contributed by atoms with van der Waals surface area (Å²) >= 11 is 1.37. The fourth-order valence-corrected chi connectivity index (χ4v) is 4.40. The molecular weight excluding hydrogens is 414 g/mol. The molecule has 3 aromatic rings. The number of furan rings is 1. The molecule has 0 saturated carbocycles. The van der Waals surface area contributed by atoms with E-state index in [1.54, 1.807) is 6.26 Å². The third kappa shape index (κ3) is 5.75. The number of morpholine rings is 1. The lowest BCUT2D eigenvalue weighted by Crippen LogP contribution is -2.47. The minimum Gasteiger partial charge on any atom is -0.461 e. The molecule has 1 unspecified atom stereocenters. The van der Waals surface area contributed by atoms with Crippen LogP contribution in [0.2, 0.25) is 0 Å². The molecular formula is C22H27N5O3S. The monoisotopic (exact) mass is 441 g/mol. The number of hydrogen-bond donors (Lipinski definition) is 1. The standard InChI is InChI=1S/C22H27N5O3S/c1-2-27-21(19-9-6-11-30-19)24-25-22(27)31-16-20(28)23-13-18-15-26(10-12-29-18)14-17-7-4-3-5-8-17/h3-9,11,18H,2,10,12-16H2,1H3,(H,23,28). The number of carbonyl (C=O) groups excluding carboxylic acids is 1. The average Bonchev–Trinajstić information content (AvgIpc) is 3.46. The molecule has 1 aliphatic rings. The summed E-state index contributed by atoms with van der Waals surface area (Å²) in [6, 6.07) is 14.1. The minimum absolute atomic E-state index is 0.00346. The van der Waals surface area contributed by atoms with Gasteiger partial charge in [-0.2, -0.15) is 0 Å². The molecule has 9 heteroatoms. The number of amides is 1. The fourth-order valence-electron chi connectivity index (χ4n) is 3.57. The molecule has 4 rings (SSSR count). The maximum atomic E-state index is 12.4. The molecule has 1 atom stereocenters. The molecule has 0 bridgehead atoms. The van der Waals surface area contributed by atoms with Gasteiger partial charge in [0.2, 0.25) is 5.91 Å². The number of thioether (sulfide) groups is 1. The lowest BCUT2D eigenvalue weighted by atomic mass is 10.2. The van der Waals surface area contributed by atoms with Crippen molar-refractivity contribution in [3.8, 4) is 11.6 Å². The maximum absolute atomic E-state index is 12.4. The molecule has 0 spiro atoms. The number of rotatable bonds is 9. The van der Waals surface area contributed by atoms with Crippen molar-refractivity contribution in [2.75, 3.05) is 32.0 Å². The summed E-state index contributed by atoms with van der Waals surface area (Å²) < 4.78 is 13.2. The quantitative estimate of drug-likeness (QED) is 0.511. The van der Waals surface area contributed by atoms with E-state index in [1.165, 1.54) is 17.3 Å². The molecule has 1 saturated heterocycles. The second-order valence-electron chi connectivity index (χ2n) is 7.33. The van der Waals surface area contributed by atoms with Crippen LogP contribution in [0.15, 0.2) is 58.3 Å². The molecule has 8 nitrogen and oxygen atoms in total. The van der Waals surface area contributed by atoms with Gasteiger partial charge >= 0.3 is 0 Å². The van der Waals surface area contributed by atoms with Gasteiger partial charge in [0.05, 0.1) is 24.7 Å². The smallest absolute Gasteiger partial charge is 0.230 e. The Balaban J connectivity index is 1.23. The third-order valence-corrected chi connectivity index (χ3v) is 6.07. The molecule has 3 heterocycles. The molecule has 0 aliphatic carbocycles. The Labute approximate surface area is 186 Å². The van der Waals surface area contributed by atoms with Gasteiger partial charge in [0.25, 0.3) is 0 Å². The van der Waals surface area contributed by atoms with E-state index >= 15 is 0 Å². The Morgan fingerprint density at radius 1 is 1.23 bits per heavy atom. The van der Waals surface area contributed by atoms with Crippen molar-refractivity contribution in [3.05, 3.63) is 54.3 Å². The van der Waals surface area contributed by atoms with Gasteiger partial charge in [-0.05, 0) is 24.6 Å². The summed E-state index contributed by atoms with van der Waals surface area (Å²) in [6.07, 6.45) is 1.61. The predicted octanol–water partition coefficient (Wildman–Crippen LogP) is 2.67. The number of carbonyl (C=O) groups is 1. The molecule has 1 aromatic carbocycles. The zero-order valence-electron chi connectivity index (χ0n) is 17.6. The van der Waals surface area contributed by atoms with E-state index < -0.39 is 0 Å². The highest BCUT2D eigenvalue weighted by molar-refractivity contribution is 7.99. The normalized spacial score (nSPS) is 17.0. The molecule has 0 radical (unpaired) electrons. The summed E-state index contributed by atoms with van der Waals surface area (Å²) in [4.78, 5) is 14.8. The van der Waals surface area contributed by atoms with E-state index in [2.05, 4.69) is 44.7 Å². The Hall–Kier alpha value is -2.62. The molecule has 1 N–H and O–H groups in total. The van der Waals surface area contributed by atoms with Crippen LogP contribution < -0.4 is 5.32 Å². The fraction of sp³-hybridized carbons (Fsp3) is 0.409. The number of ether oxygens (including phenoxy) is 1. The molecule has 1 fully saturated rings. The van der Waals surface area contributed by atoms with Crippen molar-refractivity contribution in [3.63, 3.8) is 0 Å². The van der Waals surface area contributed by atoms with Crippen LogP contribution >= 0.6 is 11.8 Å². The summed E-state index contributed by atoms with van der Waals surface area (Å²) in [7, 11) is 0. The number of benzene rings is 1. The van der Waals surface area contributed by atoms with E-state index in [0.717, 1.165) is 19.6 Å². The summed E-state index contributed by atoms with van der Waals surface area (Å²) in [5.41, 5.74) is 1.29. The number of aromatic nitrogens is 3. The van der Waals surface area contributed by atoms with E-state index in [-0.39, 0.29) is 17.8 Å². The summed E-state index contributed by atoms with van der Waals surface area (Å²) in [5.74, 6) is 1.57. The van der Waals surface area contributed by atoms with Gasteiger partial charge in [-0.1, -0.05) is 42.1 Å². The van der Waals surface area contributed by atoms with Crippen molar-refractivity contribution in [1.82, 2.24) is 25.0 Å². The van der Waals surface area contributed by atoms with Crippen molar-refractivity contribution in [1.29, 1.82) is 0 Å². The van der Waals surface area contributed by atoms with E-state index in [1.807, 2.05) is 29.7 Å². The van der Waals surface area contributed by atoms with E-state index in [0.29, 0.717) is 36.4 Å². The first kappa shape index (κ1) is 21.6. The van der Waals surface area contributed by atoms with Crippen LogP contribution in [-0.2, 0) is 22.6 Å². The SMILES string of the molecule is CCn1c(SCC(=O)NCC2CN(Cc3ccccc3)CCO2)nnc1-c1ccco1. The topological polar surface area (TPSA) is 85.4 Å². The highest BCUT2D eigenvalue weighted by Gasteiger charge is 2.21. The van der Waals surface area contributed by atoms with Crippen LogP contribution in [0.3, 0.4) is 0 Å². The van der Waals surface area contributed by atoms with Crippen molar-refractivity contribution >= 4 is 17.7 Å². The molecule has 2 aromatic heterocycles. The maximum Gasteiger partial charge on any atom is 0.230 e. The predicted molar refractivity (Wildman–Crippen MR) is 119 cm³/mol. The second kappa shape index (κ2) is 10.6. The van der Waals surface area contributed by atoms with Crippen LogP contribution in [0.1, 0.15) is 12.5 Å². The second-order valence-corrected chi connectivity index (χ2v) is 8.28. The Morgan fingerprint density at radius 2 is 2.10 bits per heavy atom. The van der Waals surface area contributed by atoms with Gasteiger partial charge in [0.1, 0.15) is 0 Å². The van der Waals surface area contributed by atoms with Gasteiger partial charge in [0.15, 0.2) is 16.7 Å². The first-order chi connectivity index (χ1) is 15.2. The molecule has 31 heavy (non-hydrogen) atoms. The summed E-state index contributed by atoms with van der Waals surface area (Å²) in [5, 5.41) is 12.1. The first-order valence-corrected chi connectivity index (χ1v) is 11.5. The van der Waals surface area contributed by atoms with Crippen molar-refractivity contribution in [2.24, 2.45) is 0 Å². The number of nitrogens with one attached hydrogen (secondary N) is 1. The van der Waals surface area contributed by atoms with Crippen LogP contribution in [0.5, 0.6) is 0 Å². The van der Waals surface area contributed by atoms with Crippen molar-refractivity contribution in [2.45, 2.75) is 31.3 Å². The lowest BCUT2D eigenvalue weighted by Gasteiger charge is -2.33. The van der Waals surface area contributed by atoms with Gasteiger partial charge in [-0.15, -0.1) is 10.2 Å². The highest BCUT2D eigenvalue weighted by Crippen LogP contribution is 2.24. The summed E-state index contributed by atoms with van der Waals surface area (Å²) in [6.45, 7) is 6.50. The molecule has 1 amide bonds. The Kier molecular flexibility index (Phi) is 7.39. The minimum atomic E-state index is -0.0426. The largest absolute Gasteiger partial charge is 0.461 e. The van der Waals surface area contributed by atoms with Gasteiger partial charge in [0, 0.05) is 32.7 Å². The van der Waals surface area contributed by atoms with Crippen LogP contribution in [0.4, 0.5) is 0 Å². The zero-order chi connectivity index (χ0) is 21.5. The number of nitrogens with zero attached hydrogens (tertiary/aromatic N) is 4. The first-order valence-electron chi connectivity index (χ1n) is 10.5. The van der Waals surface area contributed by atoms with E-state index in [9.17, 15) is 4.79 Å². The van der Waals surface area contributed by atoms with Gasteiger partial charge in [-0.3, -0.25) is 14.3 Å². The lowest BCUT2D eigenvalue weighted by molar-refractivity contribution is -0.119. The van der Waals surface area contributed by atoms with Crippen LogP contribution in [0.25, 0.3) is 11.6 Å². The average molecular weight is 442 g/mol. The van der Waals surface area contributed by atoms with Gasteiger partial charge < -0.3 is 14.5 Å². The Bertz CT molecular complexity index is 961. The van der Waals surface area contributed by atoms with E-state index in [4.69, 9.17) is 9.15 Å². The van der Waals surface area contributed by atoms with Crippen LogP contribution in [0, 0.1) is 0 Å². The zero-order valence-corrected chi connectivity index (χ0v) is 18.4. The third-order valence-electron chi connectivity index (χ3n) is 5.11.